The topological polar surface area (TPSA) is 37.4 Å². The molecule has 0 spiro atoms. The zero-order valence-corrected chi connectivity index (χ0v) is 14.9. The minimum Gasteiger partial charge on any atom is -0.280 e. The predicted octanol–water partition coefficient (Wildman–Crippen LogP) is 4.10. The van der Waals surface area contributed by atoms with E-state index in [1.165, 1.54) is 18.2 Å². The number of aryl methyl sites for hydroxylation is 1. The quantitative estimate of drug-likeness (QED) is 0.800. The molecule has 3 rings (SSSR count). The molecule has 1 heterocycles. The zero-order chi connectivity index (χ0) is 18.9. The van der Waals surface area contributed by atoms with Crippen LogP contribution in [-0.4, -0.2) is 32.1 Å². The van der Waals surface area contributed by atoms with Crippen LogP contribution in [0.5, 0.6) is 0 Å². The van der Waals surface area contributed by atoms with Crippen LogP contribution in [0.1, 0.15) is 11.1 Å². The summed E-state index contributed by atoms with van der Waals surface area (Å²) in [6.07, 6.45) is -3.51. The molecule has 0 saturated carbocycles. The molecular formula is C19H18F3NO2S. The molecule has 7 heteroatoms. The number of nitrogens with zero attached hydrogens (tertiary/aromatic N) is 1. The van der Waals surface area contributed by atoms with Gasteiger partial charge in [0.25, 0.3) is 0 Å². The van der Waals surface area contributed by atoms with Crippen molar-refractivity contribution in [2.45, 2.75) is 30.6 Å². The Morgan fingerprint density at radius 3 is 2.23 bits per heavy atom. The fourth-order valence-corrected chi connectivity index (χ4v) is 4.69. The average Bonchev–Trinajstić information content (AvgIpc) is 3.01. The van der Waals surface area contributed by atoms with Gasteiger partial charge in [-0.3, -0.25) is 4.90 Å². The van der Waals surface area contributed by atoms with Crippen LogP contribution in [0.3, 0.4) is 0 Å². The number of hydrogen-bond donors (Lipinski definition) is 0. The Bertz CT molecular complexity index is 904. The van der Waals surface area contributed by atoms with E-state index in [1.54, 1.807) is 49.4 Å². The van der Waals surface area contributed by atoms with Crippen LogP contribution in [0.25, 0.3) is 0 Å². The van der Waals surface area contributed by atoms with Crippen LogP contribution >= 0.6 is 0 Å². The van der Waals surface area contributed by atoms with E-state index >= 15 is 0 Å². The fraction of sp³-hybridized carbons (Fsp3) is 0.263. The molecule has 2 aromatic carbocycles. The van der Waals surface area contributed by atoms with Gasteiger partial charge in [0.05, 0.1) is 9.80 Å². The Labute approximate surface area is 150 Å². The molecule has 0 amide bonds. The highest BCUT2D eigenvalue weighted by molar-refractivity contribution is 7.95. The summed E-state index contributed by atoms with van der Waals surface area (Å²) in [5, 5.41) is 0. The Hall–Kier alpha value is -2.12. The number of halogens is 3. The molecule has 1 unspecified atom stereocenters. The number of sulfone groups is 1. The minimum absolute atomic E-state index is 0.0223. The summed E-state index contributed by atoms with van der Waals surface area (Å²) in [5.41, 5.74) is 1.53. The van der Waals surface area contributed by atoms with Gasteiger partial charge in [0.2, 0.25) is 9.84 Å². The van der Waals surface area contributed by atoms with E-state index in [4.69, 9.17) is 0 Å². The second kappa shape index (κ2) is 6.89. The molecule has 138 valence electrons. The molecule has 26 heavy (non-hydrogen) atoms. The minimum atomic E-state index is -4.69. The standard InChI is InChI=1S/C19H18F3NO2S/c1-14-7-9-16(10-8-14)26(24,25)17-11-12-23(18(17)19(20,21)22)13-15-5-3-2-4-6-15/h2-11,18H,12-13H2,1H3. The summed E-state index contributed by atoms with van der Waals surface area (Å²) in [5.74, 6) is 0. The molecular weight excluding hydrogens is 363 g/mol. The van der Waals surface area contributed by atoms with E-state index < -0.39 is 27.0 Å². The van der Waals surface area contributed by atoms with Crippen molar-refractivity contribution in [3.63, 3.8) is 0 Å². The summed E-state index contributed by atoms with van der Waals surface area (Å²) in [7, 11) is -4.21. The highest BCUT2D eigenvalue weighted by Gasteiger charge is 2.52. The first kappa shape index (κ1) is 18.7. The van der Waals surface area contributed by atoms with Crippen molar-refractivity contribution in [3.8, 4) is 0 Å². The number of hydrogen-bond acceptors (Lipinski definition) is 3. The molecule has 3 nitrogen and oxygen atoms in total. The summed E-state index contributed by atoms with van der Waals surface area (Å²) < 4.78 is 66.8. The normalized spacial score (nSPS) is 18.8. The average molecular weight is 381 g/mol. The number of benzene rings is 2. The van der Waals surface area contributed by atoms with E-state index in [0.717, 1.165) is 10.5 Å². The smallest absolute Gasteiger partial charge is 0.280 e. The van der Waals surface area contributed by atoms with Gasteiger partial charge in [-0.1, -0.05) is 54.1 Å². The summed E-state index contributed by atoms with van der Waals surface area (Å²) >= 11 is 0. The maximum atomic E-state index is 13.7. The molecule has 1 atom stereocenters. The molecule has 1 aliphatic heterocycles. The summed E-state index contributed by atoms with van der Waals surface area (Å²) in [4.78, 5) is 0.422. The van der Waals surface area contributed by atoms with Gasteiger partial charge >= 0.3 is 6.18 Å². The fourth-order valence-electron chi connectivity index (χ4n) is 3.06. The third kappa shape index (κ3) is 3.68. The van der Waals surface area contributed by atoms with E-state index in [0.29, 0.717) is 5.56 Å². The first-order chi connectivity index (χ1) is 12.2. The second-order valence-corrected chi connectivity index (χ2v) is 8.23. The van der Waals surface area contributed by atoms with Crippen LogP contribution < -0.4 is 0 Å². The van der Waals surface area contributed by atoms with Crippen LogP contribution in [-0.2, 0) is 16.4 Å². The highest BCUT2D eigenvalue weighted by atomic mass is 32.2. The molecule has 2 aromatic rings. The molecule has 1 aliphatic rings. The Kier molecular flexibility index (Phi) is 4.94. The van der Waals surface area contributed by atoms with E-state index in [2.05, 4.69) is 0 Å². The lowest BCUT2D eigenvalue weighted by Gasteiger charge is -2.28. The van der Waals surface area contributed by atoms with Gasteiger partial charge in [-0.2, -0.15) is 13.2 Å². The van der Waals surface area contributed by atoms with Gasteiger partial charge in [0, 0.05) is 13.1 Å². The van der Waals surface area contributed by atoms with Crippen LogP contribution in [0.15, 0.2) is 70.5 Å². The van der Waals surface area contributed by atoms with Gasteiger partial charge in [0.15, 0.2) is 0 Å². The molecule has 0 bridgehead atoms. The van der Waals surface area contributed by atoms with Crippen molar-refractivity contribution in [1.82, 2.24) is 4.90 Å². The van der Waals surface area contributed by atoms with Gasteiger partial charge < -0.3 is 0 Å². The largest absolute Gasteiger partial charge is 0.408 e. The van der Waals surface area contributed by atoms with E-state index in [-0.39, 0.29) is 18.0 Å². The lowest BCUT2D eigenvalue weighted by Crippen LogP contribution is -2.44. The van der Waals surface area contributed by atoms with Crippen LogP contribution in [0.4, 0.5) is 13.2 Å². The van der Waals surface area contributed by atoms with Gasteiger partial charge in [0.1, 0.15) is 6.04 Å². The maximum Gasteiger partial charge on any atom is 0.408 e. The first-order valence-corrected chi connectivity index (χ1v) is 9.54. The Balaban J connectivity index is 1.95. The molecule has 0 radical (unpaired) electrons. The molecule has 0 fully saturated rings. The van der Waals surface area contributed by atoms with Crippen LogP contribution in [0.2, 0.25) is 0 Å². The molecule has 0 saturated heterocycles. The Morgan fingerprint density at radius 1 is 1.04 bits per heavy atom. The maximum absolute atomic E-state index is 13.7. The van der Waals surface area contributed by atoms with Crippen molar-refractivity contribution >= 4 is 9.84 Å². The van der Waals surface area contributed by atoms with Gasteiger partial charge in [-0.15, -0.1) is 0 Å². The lowest BCUT2D eigenvalue weighted by atomic mass is 10.2. The van der Waals surface area contributed by atoms with Crippen molar-refractivity contribution in [1.29, 1.82) is 0 Å². The molecule has 0 aliphatic carbocycles. The monoisotopic (exact) mass is 381 g/mol. The third-order valence-corrected chi connectivity index (χ3v) is 6.25. The van der Waals surface area contributed by atoms with Gasteiger partial charge in [-0.05, 0) is 24.6 Å². The molecule has 0 aromatic heterocycles. The summed E-state index contributed by atoms with van der Waals surface area (Å²) in [6.45, 7) is 1.74. The summed E-state index contributed by atoms with van der Waals surface area (Å²) in [6, 6.07) is 12.4. The van der Waals surface area contributed by atoms with Gasteiger partial charge in [-0.25, -0.2) is 8.42 Å². The van der Waals surface area contributed by atoms with Crippen molar-refractivity contribution in [2.24, 2.45) is 0 Å². The van der Waals surface area contributed by atoms with Crippen LogP contribution in [0, 0.1) is 6.92 Å². The molecule has 0 N–H and O–H groups in total. The first-order valence-electron chi connectivity index (χ1n) is 8.06. The van der Waals surface area contributed by atoms with E-state index in [1.807, 2.05) is 0 Å². The third-order valence-electron chi connectivity index (χ3n) is 4.34. The lowest BCUT2D eigenvalue weighted by molar-refractivity contribution is -0.168. The predicted molar refractivity (Wildman–Crippen MR) is 93.1 cm³/mol. The highest BCUT2D eigenvalue weighted by Crippen LogP contribution is 2.39. The second-order valence-electron chi connectivity index (χ2n) is 6.28. The van der Waals surface area contributed by atoms with Crippen molar-refractivity contribution in [2.75, 3.05) is 6.54 Å². The SMILES string of the molecule is Cc1ccc(S(=O)(=O)C2=CCN(Cc3ccccc3)C2C(F)(F)F)cc1. The number of rotatable bonds is 4. The van der Waals surface area contributed by atoms with E-state index in [9.17, 15) is 21.6 Å². The van der Waals surface area contributed by atoms with Crippen molar-refractivity contribution in [3.05, 3.63) is 76.7 Å². The zero-order valence-electron chi connectivity index (χ0n) is 14.1. The number of alkyl halides is 3. The Morgan fingerprint density at radius 2 is 1.65 bits per heavy atom. The van der Waals surface area contributed by atoms with Crippen molar-refractivity contribution < 1.29 is 21.6 Å².